The van der Waals surface area contributed by atoms with Crippen molar-refractivity contribution in [1.29, 1.82) is 0 Å². The van der Waals surface area contributed by atoms with Gasteiger partial charge < -0.3 is 5.32 Å². The minimum Gasteiger partial charge on any atom is -0.315 e. The number of rotatable bonds is 1. The first-order valence-electron chi connectivity index (χ1n) is 4.34. The molecule has 1 aliphatic rings. The maximum absolute atomic E-state index is 10.8. The molecule has 0 bridgehead atoms. The molecular formula is C8H13N3O. The average molecular weight is 167 g/mol. The average Bonchev–Trinajstić information content (AvgIpc) is 2.54. The van der Waals surface area contributed by atoms with E-state index >= 15 is 0 Å². The third-order valence-electron chi connectivity index (χ3n) is 2.29. The molecule has 2 N–H and O–H groups in total. The van der Waals surface area contributed by atoms with Crippen LogP contribution in [-0.4, -0.2) is 22.9 Å². The monoisotopic (exact) mass is 167 g/mol. The van der Waals surface area contributed by atoms with Gasteiger partial charge in [0.1, 0.15) is 0 Å². The molecule has 0 spiro atoms. The van der Waals surface area contributed by atoms with Gasteiger partial charge in [0.15, 0.2) is 0 Å². The molecule has 1 fully saturated rings. The number of nitrogens with one attached hydrogen (secondary N) is 2. The summed E-state index contributed by atoms with van der Waals surface area (Å²) >= 11 is 0. The lowest BCUT2D eigenvalue weighted by Crippen LogP contribution is -2.32. The second kappa shape index (κ2) is 3.15. The van der Waals surface area contributed by atoms with Gasteiger partial charge in [-0.1, -0.05) is 0 Å². The van der Waals surface area contributed by atoms with Crippen molar-refractivity contribution in [1.82, 2.24) is 15.1 Å². The number of piperidine rings is 1. The van der Waals surface area contributed by atoms with E-state index in [4.69, 9.17) is 0 Å². The van der Waals surface area contributed by atoms with Gasteiger partial charge in [-0.15, -0.1) is 0 Å². The maximum atomic E-state index is 10.8. The molecule has 1 saturated heterocycles. The Morgan fingerprint density at radius 1 is 1.58 bits per heavy atom. The standard InChI is InChI=1S/C8H13N3O/c12-8-3-5-11(10-8)7-2-1-4-9-6-7/h3,5,7,9H,1-2,4,6H2,(H,10,12)/t7-/m0/s1. The van der Waals surface area contributed by atoms with Crippen LogP contribution in [0, 0.1) is 0 Å². The van der Waals surface area contributed by atoms with Gasteiger partial charge in [0.05, 0.1) is 6.04 Å². The topological polar surface area (TPSA) is 49.8 Å². The highest BCUT2D eigenvalue weighted by Crippen LogP contribution is 2.13. The molecule has 0 saturated carbocycles. The zero-order valence-electron chi connectivity index (χ0n) is 6.92. The minimum atomic E-state index is -0.0134. The van der Waals surface area contributed by atoms with Crippen LogP contribution in [0.4, 0.5) is 0 Å². The first-order chi connectivity index (χ1) is 5.86. The van der Waals surface area contributed by atoms with E-state index in [9.17, 15) is 4.79 Å². The molecule has 2 heterocycles. The van der Waals surface area contributed by atoms with Crippen LogP contribution in [0.5, 0.6) is 0 Å². The van der Waals surface area contributed by atoms with Crippen LogP contribution >= 0.6 is 0 Å². The molecule has 0 radical (unpaired) electrons. The summed E-state index contributed by atoms with van der Waals surface area (Å²) in [5.74, 6) is 0. The fourth-order valence-corrected chi connectivity index (χ4v) is 1.63. The van der Waals surface area contributed by atoms with Gasteiger partial charge in [-0.05, 0) is 19.4 Å². The van der Waals surface area contributed by atoms with Crippen molar-refractivity contribution in [2.24, 2.45) is 0 Å². The van der Waals surface area contributed by atoms with Crippen molar-refractivity contribution in [3.8, 4) is 0 Å². The van der Waals surface area contributed by atoms with E-state index in [2.05, 4.69) is 10.4 Å². The van der Waals surface area contributed by atoms with Crippen LogP contribution in [-0.2, 0) is 0 Å². The van der Waals surface area contributed by atoms with Crippen LogP contribution in [0.3, 0.4) is 0 Å². The Hall–Kier alpha value is -1.03. The molecular weight excluding hydrogens is 154 g/mol. The van der Waals surface area contributed by atoms with Crippen LogP contribution in [0.1, 0.15) is 18.9 Å². The predicted octanol–water partition coefficient (Wildman–Crippen LogP) is 0.101. The SMILES string of the molecule is O=c1ccn([C@H]2CCCNC2)[nH]1. The molecule has 0 amide bonds. The Morgan fingerprint density at radius 3 is 3.08 bits per heavy atom. The van der Waals surface area contributed by atoms with Crippen molar-refractivity contribution in [2.45, 2.75) is 18.9 Å². The van der Waals surface area contributed by atoms with Gasteiger partial charge >= 0.3 is 0 Å². The Morgan fingerprint density at radius 2 is 2.50 bits per heavy atom. The van der Waals surface area contributed by atoms with E-state index in [1.54, 1.807) is 6.07 Å². The number of aromatic amines is 1. The van der Waals surface area contributed by atoms with E-state index in [0.29, 0.717) is 6.04 Å². The third kappa shape index (κ3) is 1.43. The van der Waals surface area contributed by atoms with E-state index in [0.717, 1.165) is 19.5 Å². The number of nitrogens with zero attached hydrogens (tertiary/aromatic N) is 1. The largest absolute Gasteiger partial charge is 0.315 e. The fraction of sp³-hybridized carbons (Fsp3) is 0.625. The molecule has 1 aliphatic heterocycles. The van der Waals surface area contributed by atoms with Crippen molar-refractivity contribution >= 4 is 0 Å². The Balaban J connectivity index is 2.13. The summed E-state index contributed by atoms with van der Waals surface area (Å²) in [5.41, 5.74) is -0.0134. The summed E-state index contributed by atoms with van der Waals surface area (Å²) in [6, 6.07) is 2.00. The highest BCUT2D eigenvalue weighted by Gasteiger charge is 2.13. The molecule has 66 valence electrons. The first-order valence-corrected chi connectivity index (χ1v) is 4.34. The summed E-state index contributed by atoms with van der Waals surface area (Å²) < 4.78 is 1.90. The highest BCUT2D eigenvalue weighted by atomic mass is 16.1. The van der Waals surface area contributed by atoms with E-state index < -0.39 is 0 Å². The lowest BCUT2D eigenvalue weighted by atomic mass is 10.1. The molecule has 2 rings (SSSR count). The molecule has 4 heteroatoms. The van der Waals surface area contributed by atoms with Crippen LogP contribution < -0.4 is 10.9 Å². The van der Waals surface area contributed by atoms with Crippen molar-refractivity contribution < 1.29 is 0 Å². The van der Waals surface area contributed by atoms with Crippen LogP contribution in [0.25, 0.3) is 0 Å². The van der Waals surface area contributed by atoms with Gasteiger partial charge in [0.25, 0.3) is 5.56 Å². The van der Waals surface area contributed by atoms with Crippen LogP contribution in [0.15, 0.2) is 17.1 Å². The number of H-pyrrole nitrogens is 1. The van der Waals surface area contributed by atoms with Gasteiger partial charge in [0, 0.05) is 18.8 Å². The quantitative estimate of drug-likeness (QED) is 0.623. The van der Waals surface area contributed by atoms with Gasteiger partial charge in [-0.25, -0.2) is 0 Å². The lowest BCUT2D eigenvalue weighted by Gasteiger charge is -2.23. The number of hydrogen-bond donors (Lipinski definition) is 2. The molecule has 4 nitrogen and oxygen atoms in total. The predicted molar refractivity (Wildman–Crippen MR) is 46.2 cm³/mol. The van der Waals surface area contributed by atoms with Crippen LogP contribution in [0.2, 0.25) is 0 Å². The highest BCUT2D eigenvalue weighted by molar-refractivity contribution is 4.85. The first kappa shape index (κ1) is 7.61. The van der Waals surface area contributed by atoms with Gasteiger partial charge in [0.2, 0.25) is 0 Å². The molecule has 1 aromatic heterocycles. The van der Waals surface area contributed by atoms with E-state index in [-0.39, 0.29) is 5.56 Å². The molecule has 0 aliphatic carbocycles. The van der Waals surface area contributed by atoms with Gasteiger partial charge in [-0.2, -0.15) is 0 Å². The maximum Gasteiger partial charge on any atom is 0.264 e. The van der Waals surface area contributed by atoms with E-state index in [1.807, 2.05) is 10.9 Å². The zero-order valence-corrected chi connectivity index (χ0v) is 6.92. The normalized spacial score (nSPS) is 24.2. The van der Waals surface area contributed by atoms with Gasteiger partial charge in [-0.3, -0.25) is 14.6 Å². The summed E-state index contributed by atoms with van der Waals surface area (Å²) in [6.07, 6.45) is 4.16. The fourth-order valence-electron chi connectivity index (χ4n) is 1.63. The molecule has 12 heavy (non-hydrogen) atoms. The lowest BCUT2D eigenvalue weighted by molar-refractivity contribution is 0.345. The third-order valence-corrected chi connectivity index (χ3v) is 2.29. The second-order valence-corrected chi connectivity index (χ2v) is 3.20. The molecule has 1 aromatic rings. The smallest absolute Gasteiger partial charge is 0.264 e. The molecule has 0 unspecified atom stereocenters. The summed E-state index contributed by atoms with van der Waals surface area (Å²) in [4.78, 5) is 10.8. The zero-order chi connectivity index (χ0) is 8.39. The Bertz CT molecular complexity index is 295. The van der Waals surface area contributed by atoms with Crippen molar-refractivity contribution in [3.05, 3.63) is 22.6 Å². The summed E-state index contributed by atoms with van der Waals surface area (Å²) in [5, 5.41) is 6.07. The number of aromatic nitrogens is 2. The molecule has 1 atom stereocenters. The van der Waals surface area contributed by atoms with Crippen molar-refractivity contribution in [2.75, 3.05) is 13.1 Å². The summed E-state index contributed by atoms with van der Waals surface area (Å²) in [7, 11) is 0. The summed E-state index contributed by atoms with van der Waals surface area (Å²) in [6.45, 7) is 2.06. The van der Waals surface area contributed by atoms with Crippen molar-refractivity contribution in [3.63, 3.8) is 0 Å². The van der Waals surface area contributed by atoms with E-state index in [1.165, 1.54) is 6.42 Å². The Kier molecular flexibility index (Phi) is 1.99. The minimum absolute atomic E-state index is 0.0134. The Labute approximate surface area is 70.6 Å². The number of hydrogen-bond acceptors (Lipinski definition) is 2. The molecule has 0 aromatic carbocycles. The second-order valence-electron chi connectivity index (χ2n) is 3.20.